The highest BCUT2D eigenvalue weighted by Gasteiger charge is 2.01. The fraction of sp³-hybridized carbons (Fsp3) is 0.273. The molecule has 0 saturated carbocycles. The number of hydrogen-bond donors (Lipinski definition) is 1. The van der Waals surface area contributed by atoms with E-state index >= 15 is 0 Å². The average Bonchev–Trinajstić information content (AvgIpc) is 2.15. The second-order valence-corrected chi connectivity index (χ2v) is 2.77. The minimum Gasteiger partial charge on any atom is -0.302 e. The summed E-state index contributed by atoms with van der Waals surface area (Å²) in [7, 11) is 0. The highest BCUT2D eigenvalue weighted by Crippen LogP contribution is 2.08. The zero-order valence-corrected chi connectivity index (χ0v) is 7.90. The predicted molar refractivity (Wildman–Crippen MR) is 51.5 cm³/mol. The van der Waals surface area contributed by atoms with Crippen molar-refractivity contribution in [1.82, 2.24) is 5.32 Å². The summed E-state index contributed by atoms with van der Waals surface area (Å²) in [6, 6.07) is 3.55. The fourth-order valence-corrected chi connectivity index (χ4v) is 1.01. The lowest BCUT2D eigenvalue weighted by atomic mass is 10.2. The lowest BCUT2D eigenvalue weighted by Crippen LogP contribution is -2.14. The Labute approximate surface area is 82.1 Å². The second-order valence-electron chi connectivity index (χ2n) is 2.77. The van der Waals surface area contributed by atoms with Crippen molar-refractivity contribution in [3.05, 3.63) is 35.4 Å². The maximum absolute atomic E-state index is 13.0. The van der Waals surface area contributed by atoms with E-state index in [0.29, 0.717) is 18.7 Å². The monoisotopic (exact) mass is 195 g/mol. The number of benzene rings is 1. The molecule has 0 saturated heterocycles. The molecule has 1 nitrogen and oxygen atoms in total. The predicted octanol–water partition coefficient (Wildman–Crippen LogP) is 2.08. The highest BCUT2D eigenvalue weighted by molar-refractivity contribution is 5.18. The maximum Gasteiger partial charge on any atom is 0.130 e. The lowest BCUT2D eigenvalue weighted by molar-refractivity contribution is 0.565. The van der Waals surface area contributed by atoms with Gasteiger partial charge in [0.1, 0.15) is 11.6 Å². The van der Waals surface area contributed by atoms with E-state index < -0.39 is 11.6 Å². The Balaban J connectivity index is 2.53. The molecule has 0 atom stereocenters. The zero-order valence-electron chi connectivity index (χ0n) is 7.90. The molecule has 1 N–H and O–H groups in total. The first-order valence-corrected chi connectivity index (χ1v) is 4.28. The van der Waals surface area contributed by atoms with Crippen LogP contribution in [0, 0.1) is 23.5 Å². The van der Waals surface area contributed by atoms with Crippen molar-refractivity contribution >= 4 is 0 Å². The third kappa shape index (κ3) is 3.15. The lowest BCUT2D eigenvalue weighted by Gasteiger charge is -2.02. The molecule has 0 aromatic heterocycles. The van der Waals surface area contributed by atoms with Crippen molar-refractivity contribution in [2.45, 2.75) is 13.5 Å². The molecule has 3 heteroatoms. The van der Waals surface area contributed by atoms with Gasteiger partial charge in [0.15, 0.2) is 0 Å². The van der Waals surface area contributed by atoms with Crippen LogP contribution in [0.4, 0.5) is 8.78 Å². The van der Waals surface area contributed by atoms with Gasteiger partial charge in [0.2, 0.25) is 0 Å². The summed E-state index contributed by atoms with van der Waals surface area (Å²) in [5.41, 5.74) is 0.448. The van der Waals surface area contributed by atoms with Crippen LogP contribution in [0.15, 0.2) is 18.2 Å². The molecule has 74 valence electrons. The van der Waals surface area contributed by atoms with Gasteiger partial charge in [-0.2, -0.15) is 0 Å². The van der Waals surface area contributed by atoms with Gasteiger partial charge in [-0.1, -0.05) is 12.0 Å². The van der Waals surface area contributed by atoms with Gasteiger partial charge in [-0.3, -0.25) is 0 Å². The summed E-state index contributed by atoms with van der Waals surface area (Å²) >= 11 is 0. The van der Waals surface area contributed by atoms with Crippen LogP contribution < -0.4 is 5.32 Å². The zero-order chi connectivity index (χ0) is 10.4. The smallest absolute Gasteiger partial charge is 0.130 e. The third-order valence-corrected chi connectivity index (χ3v) is 1.72. The molecule has 0 bridgehead atoms. The number of nitrogens with one attached hydrogen (secondary N) is 1. The van der Waals surface area contributed by atoms with Gasteiger partial charge in [-0.05, 0) is 13.0 Å². The molecule has 0 aliphatic heterocycles. The van der Waals surface area contributed by atoms with Crippen molar-refractivity contribution < 1.29 is 8.78 Å². The van der Waals surface area contributed by atoms with E-state index in [1.165, 1.54) is 12.1 Å². The van der Waals surface area contributed by atoms with Crippen LogP contribution in [0.25, 0.3) is 0 Å². The summed E-state index contributed by atoms with van der Waals surface area (Å²) in [4.78, 5) is 0. The minimum atomic E-state index is -0.556. The molecule has 0 fully saturated rings. The van der Waals surface area contributed by atoms with Crippen molar-refractivity contribution in [1.29, 1.82) is 0 Å². The molecule has 0 aliphatic carbocycles. The average molecular weight is 195 g/mol. The molecule has 1 aromatic carbocycles. The van der Waals surface area contributed by atoms with Gasteiger partial charge in [-0.25, -0.2) is 8.78 Å². The molecular weight excluding hydrogens is 184 g/mol. The topological polar surface area (TPSA) is 12.0 Å². The van der Waals surface area contributed by atoms with Crippen LogP contribution in [0.5, 0.6) is 0 Å². The van der Waals surface area contributed by atoms with E-state index in [-0.39, 0.29) is 0 Å². The van der Waals surface area contributed by atoms with E-state index in [0.717, 1.165) is 6.07 Å². The second kappa shape index (κ2) is 5.36. The Kier molecular flexibility index (Phi) is 4.09. The number of rotatable bonds is 3. The normalized spacial score (nSPS) is 9.36. The maximum atomic E-state index is 13.0. The van der Waals surface area contributed by atoms with E-state index in [1.54, 1.807) is 6.92 Å². The molecule has 0 radical (unpaired) electrons. The first-order chi connectivity index (χ1) is 6.74. The van der Waals surface area contributed by atoms with Gasteiger partial charge in [-0.15, -0.1) is 5.92 Å². The van der Waals surface area contributed by atoms with Crippen molar-refractivity contribution in [2.75, 3.05) is 6.54 Å². The van der Waals surface area contributed by atoms with Gasteiger partial charge < -0.3 is 5.32 Å². The van der Waals surface area contributed by atoms with Gasteiger partial charge in [0, 0.05) is 18.2 Å². The third-order valence-electron chi connectivity index (χ3n) is 1.72. The van der Waals surface area contributed by atoms with E-state index in [1.807, 2.05) is 0 Å². The number of hydrogen-bond acceptors (Lipinski definition) is 1. The van der Waals surface area contributed by atoms with Crippen LogP contribution >= 0.6 is 0 Å². The Morgan fingerprint density at radius 3 is 2.79 bits per heavy atom. The van der Waals surface area contributed by atoms with Gasteiger partial charge in [0.05, 0.1) is 6.54 Å². The van der Waals surface area contributed by atoms with Gasteiger partial charge >= 0.3 is 0 Å². The minimum absolute atomic E-state index is 0.362. The molecule has 0 unspecified atom stereocenters. The molecule has 1 aromatic rings. The van der Waals surface area contributed by atoms with E-state index in [9.17, 15) is 8.78 Å². The Morgan fingerprint density at radius 2 is 2.14 bits per heavy atom. The van der Waals surface area contributed by atoms with Crippen LogP contribution in [0.3, 0.4) is 0 Å². The summed E-state index contributed by atoms with van der Waals surface area (Å²) in [6.45, 7) is 2.61. The summed E-state index contributed by atoms with van der Waals surface area (Å²) in [5, 5.41) is 2.93. The molecule has 1 rings (SSSR count). The largest absolute Gasteiger partial charge is 0.302 e. The Bertz CT molecular complexity index is 363. The van der Waals surface area contributed by atoms with E-state index in [2.05, 4.69) is 17.2 Å². The van der Waals surface area contributed by atoms with Crippen molar-refractivity contribution in [2.24, 2.45) is 0 Å². The summed E-state index contributed by atoms with van der Waals surface area (Å²) < 4.78 is 25.6. The Morgan fingerprint density at radius 1 is 1.36 bits per heavy atom. The summed E-state index contributed by atoms with van der Waals surface area (Å²) in [5.74, 6) is 4.42. The van der Waals surface area contributed by atoms with Crippen LogP contribution in [0.1, 0.15) is 12.5 Å². The Hall–Kier alpha value is -1.40. The number of halogens is 2. The molecule has 0 spiro atoms. The fourth-order valence-electron chi connectivity index (χ4n) is 1.01. The standard InChI is InChI=1S/C11H11F2N/c1-2-3-6-14-8-9-4-5-10(12)7-11(9)13/h4-5,7,14H,6,8H2,1H3. The molecule has 0 heterocycles. The highest BCUT2D eigenvalue weighted by atomic mass is 19.1. The summed E-state index contributed by atoms with van der Waals surface area (Å²) in [6.07, 6.45) is 0. The van der Waals surface area contributed by atoms with Crippen LogP contribution in [-0.4, -0.2) is 6.54 Å². The first-order valence-electron chi connectivity index (χ1n) is 4.28. The first kappa shape index (κ1) is 10.7. The quantitative estimate of drug-likeness (QED) is 0.575. The molecule has 0 aliphatic rings. The van der Waals surface area contributed by atoms with Crippen molar-refractivity contribution in [3.63, 3.8) is 0 Å². The molecular formula is C11H11F2N. The van der Waals surface area contributed by atoms with Crippen LogP contribution in [0.2, 0.25) is 0 Å². The molecule has 14 heavy (non-hydrogen) atoms. The van der Waals surface area contributed by atoms with Crippen molar-refractivity contribution in [3.8, 4) is 11.8 Å². The van der Waals surface area contributed by atoms with E-state index in [4.69, 9.17) is 0 Å². The van der Waals surface area contributed by atoms with Gasteiger partial charge in [0.25, 0.3) is 0 Å². The SMILES string of the molecule is CC#CCNCc1ccc(F)cc1F. The molecule has 0 amide bonds. The van der Waals surface area contributed by atoms with Crippen LogP contribution in [-0.2, 0) is 6.54 Å².